The number of nitrogens with zero attached hydrogens (tertiary/aromatic N) is 1. The number of hydrogen-bond acceptors (Lipinski definition) is 5. The number of carbonyl (C=O) groups excluding carboxylic acids is 2. The van der Waals surface area contributed by atoms with Crippen molar-refractivity contribution in [3.63, 3.8) is 0 Å². The Bertz CT molecular complexity index is 875. The van der Waals surface area contributed by atoms with Gasteiger partial charge in [0.2, 0.25) is 5.89 Å². The topological polar surface area (TPSA) is 81.4 Å². The van der Waals surface area contributed by atoms with Gasteiger partial charge in [-0.1, -0.05) is 48.5 Å². The van der Waals surface area contributed by atoms with Gasteiger partial charge < -0.3 is 14.5 Å². The molecule has 0 aliphatic rings. The van der Waals surface area contributed by atoms with Crippen LogP contribution in [0.5, 0.6) is 0 Å². The van der Waals surface area contributed by atoms with Crippen LogP contribution in [0.4, 0.5) is 0 Å². The van der Waals surface area contributed by atoms with Crippen molar-refractivity contribution in [1.29, 1.82) is 0 Å². The minimum Gasteiger partial charge on any atom is -0.454 e. The number of hydrogen-bond donors (Lipinski definition) is 1. The maximum Gasteiger partial charge on any atom is 0.328 e. The van der Waals surface area contributed by atoms with E-state index in [1.807, 2.05) is 36.4 Å². The van der Waals surface area contributed by atoms with Gasteiger partial charge in [-0.2, -0.15) is 0 Å². The largest absolute Gasteiger partial charge is 0.454 e. The minimum absolute atomic E-state index is 0.1000. The number of ether oxygens (including phenoxy) is 1. The van der Waals surface area contributed by atoms with Crippen LogP contribution in [0, 0.1) is 0 Å². The number of nitrogens with one attached hydrogen (secondary N) is 1. The molecule has 0 fully saturated rings. The fraction of sp³-hybridized carbons (Fsp3) is 0.150. The second-order valence-electron chi connectivity index (χ2n) is 5.65. The molecule has 0 saturated heterocycles. The van der Waals surface area contributed by atoms with Gasteiger partial charge in [0.1, 0.15) is 6.04 Å². The Labute approximate surface area is 150 Å². The molecule has 2 aromatic carbocycles. The summed E-state index contributed by atoms with van der Waals surface area (Å²) >= 11 is 0. The van der Waals surface area contributed by atoms with Gasteiger partial charge >= 0.3 is 5.97 Å². The third kappa shape index (κ3) is 4.36. The summed E-state index contributed by atoms with van der Waals surface area (Å²) in [5.74, 6) is -0.00727. The number of benzene rings is 2. The number of oxazole rings is 1. The van der Waals surface area contributed by atoms with Crippen molar-refractivity contribution in [2.75, 3.05) is 0 Å². The first kappa shape index (κ1) is 17.4. The van der Waals surface area contributed by atoms with Gasteiger partial charge in [0, 0.05) is 11.1 Å². The van der Waals surface area contributed by atoms with E-state index >= 15 is 0 Å². The van der Waals surface area contributed by atoms with Crippen LogP contribution in [0.1, 0.15) is 23.2 Å². The molecule has 0 radical (unpaired) electrons. The molecule has 1 atom stereocenters. The van der Waals surface area contributed by atoms with E-state index < -0.39 is 12.0 Å². The van der Waals surface area contributed by atoms with Gasteiger partial charge in [-0.25, -0.2) is 9.78 Å². The van der Waals surface area contributed by atoms with Crippen LogP contribution in [-0.2, 0) is 16.1 Å². The van der Waals surface area contributed by atoms with E-state index in [9.17, 15) is 9.59 Å². The Morgan fingerprint density at radius 2 is 1.73 bits per heavy atom. The molecule has 1 N–H and O–H groups in total. The number of aromatic nitrogens is 1. The standard InChI is InChI=1S/C20H18N2O4/c1-14(22-19(23)16-10-6-3-7-11-16)20(24)25-13-18-21-12-17(26-18)15-8-4-2-5-9-15/h2-12,14H,13H2,1H3,(H,22,23)/t14-/m0/s1. The van der Waals surface area contributed by atoms with Crippen molar-refractivity contribution in [2.45, 2.75) is 19.6 Å². The molecule has 1 amide bonds. The van der Waals surface area contributed by atoms with Crippen LogP contribution in [0.15, 0.2) is 71.3 Å². The second kappa shape index (κ2) is 8.11. The summed E-state index contributed by atoms with van der Waals surface area (Å²) in [5, 5.41) is 2.60. The third-order valence-electron chi connectivity index (χ3n) is 3.69. The lowest BCUT2D eigenvalue weighted by molar-refractivity contribution is -0.147. The highest BCUT2D eigenvalue weighted by Gasteiger charge is 2.19. The maximum absolute atomic E-state index is 12.1. The van der Waals surface area contributed by atoms with Crippen molar-refractivity contribution in [3.05, 3.63) is 78.3 Å². The predicted octanol–water partition coefficient (Wildman–Crippen LogP) is 3.20. The van der Waals surface area contributed by atoms with Crippen molar-refractivity contribution < 1.29 is 18.7 Å². The zero-order valence-corrected chi connectivity index (χ0v) is 14.2. The molecule has 6 nitrogen and oxygen atoms in total. The lowest BCUT2D eigenvalue weighted by Crippen LogP contribution is -2.39. The monoisotopic (exact) mass is 350 g/mol. The Balaban J connectivity index is 1.52. The minimum atomic E-state index is -0.786. The third-order valence-corrected chi connectivity index (χ3v) is 3.69. The summed E-state index contributed by atoms with van der Waals surface area (Å²) < 4.78 is 10.7. The molecule has 3 rings (SSSR count). The molecule has 6 heteroatoms. The summed E-state index contributed by atoms with van der Waals surface area (Å²) in [6.45, 7) is 1.46. The van der Waals surface area contributed by atoms with Crippen LogP contribution < -0.4 is 5.32 Å². The van der Waals surface area contributed by atoms with E-state index in [-0.39, 0.29) is 12.5 Å². The summed E-state index contributed by atoms with van der Waals surface area (Å²) in [6, 6.07) is 17.4. The van der Waals surface area contributed by atoms with Gasteiger partial charge in [-0.3, -0.25) is 4.79 Å². The highest BCUT2D eigenvalue weighted by molar-refractivity contribution is 5.96. The fourth-order valence-electron chi connectivity index (χ4n) is 2.30. The predicted molar refractivity (Wildman–Crippen MR) is 95.1 cm³/mol. The summed E-state index contributed by atoms with van der Waals surface area (Å²) in [6.07, 6.45) is 1.58. The first-order chi connectivity index (χ1) is 12.6. The second-order valence-corrected chi connectivity index (χ2v) is 5.65. The average molecular weight is 350 g/mol. The fourth-order valence-corrected chi connectivity index (χ4v) is 2.30. The molecule has 0 unspecified atom stereocenters. The smallest absolute Gasteiger partial charge is 0.328 e. The quantitative estimate of drug-likeness (QED) is 0.691. The molecule has 132 valence electrons. The van der Waals surface area contributed by atoms with Crippen LogP contribution in [-0.4, -0.2) is 22.9 Å². The molecule has 0 saturated carbocycles. The van der Waals surface area contributed by atoms with E-state index in [0.29, 0.717) is 17.2 Å². The van der Waals surface area contributed by atoms with E-state index in [2.05, 4.69) is 10.3 Å². The molecule has 0 aliphatic carbocycles. The Morgan fingerprint density at radius 1 is 1.08 bits per heavy atom. The van der Waals surface area contributed by atoms with Crippen LogP contribution >= 0.6 is 0 Å². The normalized spacial score (nSPS) is 11.6. The van der Waals surface area contributed by atoms with E-state index in [1.165, 1.54) is 0 Å². The van der Waals surface area contributed by atoms with Gasteiger partial charge in [0.05, 0.1) is 6.20 Å². The van der Waals surface area contributed by atoms with Crippen molar-refractivity contribution >= 4 is 11.9 Å². The van der Waals surface area contributed by atoms with Gasteiger partial charge in [0.15, 0.2) is 12.4 Å². The molecule has 0 bridgehead atoms. The van der Waals surface area contributed by atoms with Crippen molar-refractivity contribution in [2.24, 2.45) is 0 Å². The van der Waals surface area contributed by atoms with Crippen molar-refractivity contribution in [3.8, 4) is 11.3 Å². The SMILES string of the molecule is C[C@H](NC(=O)c1ccccc1)C(=O)OCc1ncc(-c2ccccc2)o1. The molecule has 1 aromatic heterocycles. The lowest BCUT2D eigenvalue weighted by atomic mass is 10.2. The van der Waals surface area contributed by atoms with Gasteiger partial charge in [-0.05, 0) is 19.1 Å². The number of esters is 1. The molecule has 1 heterocycles. The molecule has 3 aromatic rings. The Morgan fingerprint density at radius 3 is 2.42 bits per heavy atom. The molecule has 26 heavy (non-hydrogen) atoms. The summed E-state index contributed by atoms with van der Waals surface area (Å²) in [4.78, 5) is 28.2. The number of carbonyl (C=O) groups is 2. The highest BCUT2D eigenvalue weighted by atomic mass is 16.5. The van der Waals surface area contributed by atoms with Crippen LogP contribution in [0.2, 0.25) is 0 Å². The van der Waals surface area contributed by atoms with E-state index in [0.717, 1.165) is 5.56 Å². The highest BCUT2D eigenvalue weighted by Crippen LogP contribution is 2.20. The Hall–Kier alpha value is -3.41. The van der Waals surface area contributed by atoms with Gasteiger partial charge in [0.25, 0.3) is 5.91 Å². The first-order valence-corrected chi connectivity index (χ1v) is 8.16. The van der Waals surface area contributed by atoms with Crippen LogP contribution in [0.3, 0.4) is 0 Å². The van der Waals surface area contributed by atoms with Gasteiger partial charge in [-0.15, -0.1) is 0 Å². The Kier molecular flexibility index (Phi) is 5.43. The average Bonchev–Trinajstić information content (AvgIpc) is 3.16. The molecular weight excluding hydrogens is 332 g/mol. The zero-order chi connectivity index (χ0) is 18.4. The summed E-state index contributed by atoms with van der Waals surface area (Å²) in [5.41, 5.74) is 1.37. The van der Waals surface area contributed by atoms with Crippen molar-refractivity contribution in [1.82, 2.24) is 10.3 Å². The maximum atomic E-state index is 12.1. The number of amides is 1. The molecule has 0 aliphatic heterocycles. The summed E-state index contributed by atoms with van der Waals surface area (Å²) in [7, 11) is 0. The van der Waals surface area contributed by atoms with E-state index in [4.69, 9.17) is 9.15 Å². The molecule has 0 spiro atoms. The zero-order valence-electron chi connectivity index (χ0n) is 14.2. The van der Waals surface area contributed by atoms with E-state index in [1.54, 1.807) is 37.4 Å². The first-order valence-electron chi connectivity index (χ1n) is 8.16. The van der Waals surface area contributed by atoms with Crippen LogP contribution in [0.25, 0.3) is 11.3 Å². The lowest BCUT2D eigenvalue weighted by Gasteiger charge is -2.12. The molecular formula is C20H18N2O4. The number of rotatable bonds is 6.